The maximum atomic E-state index is 11.9. The van der Waals surface area contributed by atoms with Crippen molar-refractivity contribution < 1.29 is 9.90 Å². The summed E-state index contributed by atoms with van der Waals surface area (Å²) in [5.41, 5.74) is 1.45. The highest BCUT2D eigenvalue weighted by Crippen LogP contribution is 2.13. The van der Waals surface area contributed by atoms with Crippen molar-refractivity contribution in [3.63, 3.8) is 0 Å². The number of rotatable bonds is 4. The molecule has 0 bridgehead atoms. The molecule has 94 valence electrons. The molecule has 0 saturated heterocycles. The highest BCUT2D eigenvalue weighted by molar-refractivity contribution is 5.97. The van der Waals surface area contributed by atoms with Gasteiger partial charge in [0.25, 0.3) is 5.91 Å². The van der Waals surface area contributed by atoms with E-state index in [4.69, 9.17) is 0 Å². The van der Waals surface area contributed by atoms with Crippen LogP contribution in [0.5, 0.6) is 0 Å². The van der Waals surface area contributed by atoms with E-state index >= 15 is 0 Å². The number of aliphatic hydroxyl groups is 1. The van der Waals surface area contributed by atoms with Gasteiger partial charge in [0, 0.05) is 23.7 Å². The van der Waals surface area contributed by atoms with Crippen LogP contribution in [0.1, 0.15) is 23.7 Å². The first kappa shape index (κ1) is 12.5. The van der Waals surface area contributed by atoms with E-state index in [-0.39, 0.29) is 12.5 Å². The van der Waals surface area contributed by atoms with E-state index in [1.54, 1.807) is 18.3 Å². The molecule has 0 radical (unpaired) electrons. The second kappa shape index (κ2) is 5.60. The lowest BCUT2D eigenvalue weighted by Gasteiger charge is -2.09. The summed E-state index contributed by atoms with van der Waals surface area (Å²) in [6, 6.07) is 9.12. The molecule has 0 spiro atoms. The van der Waals surface area contributed by atoms with Crippen molar-refractivity contribution in [3.8, 4) is 0 Å². The van der Waals surface area contributed by atoms with Crippen LogP contribution in [-0.2, 0) is 0 Å². The molecule has 2 N–H and O–H groups in total. The minimum atomic E-state index is -0.490. The van der Waals surface area contributed by atoms with E-state index in [9.17, 15) is 9.90 Å². The SMILES string of the molecule is CCC(O)CNC(=O)c1ccc2ncccc2c1. The fourth-order valence-electron chi connectivity index (χ4n) is 1.67. The average Bonchev–Trinajstić information content (AvgIpc) is 2.43. The molecule has 1 aromatic heterocycles. The lowest BCUT2D eigenvalue weighted by Crippen LogP contribution is -2.31. The zero-order valence-corrected chi connectivity index (χ0v) is 10.3. The number of carbonyl (C=O) groups excluding carboxylic acids is 1. The molecule has 0 fully saturated rings. The molecule has 0 aliphatic rings. The summed E-state index contributed by atoms with van der Waals surface area (Å²) in [6.07, 6.45) is 1.86. The summed E-state index contributed by atoms with van der Waals surface area (Å²) in [5, 5.41) is 13.0. The van der Waals surface area contributed by atoms with Crippen molar-refractivity contribution in [2.75, 3.05) is 6.54 Å². The average molecular weight is 244 g/mol. The molecular formula is C14H16N2O2. The molecule has 1 atom stereocenters. The Balaban J connectivity index is 2.13. The maximum absolute atomic E-state index is 11.9. The molecule has 1 amide bonds. The smallest absolute Gasteiger partial charge is 0.251 e. The standard InChI is InChI=1S/C14H16N2O2/c1-2-12(17)9-16-14(18)11-5-6-13-10(8-11)4-3-7-15-13/h3-8,12,17H,2,9H2,1H3,(H,16,18). The number of hydrogen-bond acceptors (Lipinski definition) is 3. The summed E-state index contributed by atoms with van der Waals surface area (Å²) in [6.45, 7) is 2.15. The molecule has 4 nitrogen and oxygen atoms in total. The Morgan fingerprint density at radius 1 is 1.44 bits per heavy atom. The summed E-state index contributed by atoms with van der Waals surface area (Å²) in [5.74, 6) is -0.173. The molecule has 2 aromatic rings. The molecule has 18 heavy (non-hydrogen) atoms. The molecule has 2 rings (SSSR count). The van der Waals surface area contributed by atoms with Crippen LogP contribution in [0.4, 0.5) is 0 Å². The second-order valence-electron chi connectivity index (χ2n) is 4.18. The summed E-state index contributed by atoms with van der Waals surface area (Å²) < 4.78 is 0. The summed E-state index contributed by atoms with van der Waals surface area (Å²) >= 11 is 0. The van der Waals surface area contributed by atoms with Gasteiger partial charge in [0.2, 0.25) is 0 Å². The fraction of sp³-hybridized carbons (Fsp3) is 0.286. The van der Waals surface area contributed by atoms with Crippen LogP contribution in [0, 0.1) is 0 Å². The van der Waals surface area contributed by atoms with E-state index in [0.717, 1.165) is 10.9 Å². The predicted molar refractivity (Wildman–Crippen MR) is 70.4 cm³/mol. The zero-order valence-electron chi connectivity index (χ0n) is 10.3. The van der Waals surface area contributed by atoms with Crippen molar-refractivity contribution in [3.05, 3.63) is 42.1 Å². The Morgan fingerprint density at radius 2 is 2.28 bits per heavy atom. The van der Waals surface area contributed by atoms with Gasteiger partial charge in [0.15, 0.2) is 0 Å². The van der Waals surface area contributed by atoms with Crippen LogP contribution in [0.15, 0.2) is 36.5 Å². The number of aromatic nitrogens is 1. The Morgan fingerprint density at radius 3 is 3.06 bits per heavy atom. The first-order chi connectivity index (χ1) is 8.70. The lowest BCUT2D eigenvalue weighted by molar-refractivity contribution is 0.0914. The van der Waals surface area contributed by atoms with Gasteiger partial charge in [-0.15, -0.1) is 0 Å². The Kier molecular flexibility index (Phi) is 3.89. The third kappa shape index (κ3) is 2.84. The lowest BCUT2D eigenvalue weighted by atomic mass is 10.1. The molecule has 1 aromatic carbocycles. The number of carbonyl (C=O) groups is 1. The number of hydrogen-bond donors (Lipinski definition) is 2. The van der Waals surface area contributed by atoms with Gasteiger partial charge >= 0.3 is 0 Å². The van der Waals surface area contributed by atoms with E-state index in [0.29, 0.717) is 12.0 Å². The molecular weight excluding hydrogens is 228 g/mol. The maximum Gasteiger partial charge on any atom is 0.251 e. The van der Waals surface area contributed by atoms with Crippen LogP contribution >= 0.6 is 0 Å². The van der Waals surface area contributed by atoms with E-state index < -0.39 is 6.10 Å². The van der Waals surface area contributed by atoms with Crippen molar-refractivity contribution in [1.82, 2.24) is 10.3 Å². The van der Waals surface area contributed by atoms with Crippen LogP contribution in [-0.4, -0.2) is 28.6 Å². The van der Waals surface area contributed by atoms with E-state index in [2.05, 4.69) is 10.3 Å². The first-order valence-electron chi connectivity index (χ1n) is 6.01. The van der Waals surface area contributed by atoms with Gasteiger partial charge in [0.05, 0.1) is 11.6 Å². The minimum absolute atomic E-state index is 0.173. The van der Waals surface area contributed by atoms with Gasteiger partial charge in [-0.1, -0.05) is 13.0 Å². The van der Waals surface area contributed by atoms with Crippen LogP contribution in [0.25, 0.3) is 10.9 Å². The number of benzene rings is 1. The summed E-state index contributed by atoms with van der Waals surface area (Å²) in [4.78, 5) is 16.1. The van der Waals surface area contributed by atoms with Gasteiger partial charge in [-0.25, -0.2) is 0 Å². The quantitative estimate of drug-likeness (QED) is 0.861. The van der Waals surface area contributed by atoms with Crippen LogP contribution < -0.4 is 5.32 Å². The second-order valence-corrected chi connectivity index (χ2v) is 4.18. The number of fused-ring (bicyclic) bond motifs is 1. The van der Waals surface area contributed by atoms with Gasteiger partial charge in [-0.05, 0) is 30.7 Å². The topological polar surface area (TPSA) is 62.2 Å². The van der Waals surface area contributed by atoms with Gasteiger partial charge in [-0.3, -0.25) is 9.78 Å². The number of aliphatic hydroxyl groups excluding tert-OH is 1. The van der Waals surface area contributed by atoms with E-state index in [1.165, 1.54) is 0 Å². The van der Waals surface area contributed by atoms with Gasteiger partial charge in [-0.2, -0.15) is 0 Å². The fourth-order valence-corrected chi connectivity index (χ4v) is 1.67. The molecule has 0 saturated carbocycles. The molecule has 1 unspecified atom stereocenters. The Bertz CT molecular complexity index is 554. The number of nitrogens with zero attached hydrogens (tertiary/aromatic N) is 1. The van der Waals surface area contributed by atoms with Crippen molar-refractivity contribution in [2.24, 2.45) is 0 Å². The monoisotopic (exact) mass is 244 g/mol. The molecule has 1 heterocycles. The Labute approximate surface area is 106 Å². The third-order valence-corrected chi connectivity index (χ3v) is 2.83. The molecule has 0 aliphatic heterocycles. The third-order valence-electron chi connectivity index (χ3n) is 2.83. The first-order valence-corrected chi connectivity index (χ1v) is 6.01. The van der Waals surface area contributed by atoms with Crippen LogP contribution in [0.3, 0.4) is 0 Å². The normalized spacial score (nSPS) is 12.3. The number of amides is 1. The van der Waals surface area contributed by atoms with Crippen LogP contribution in [0.2, 0.25) is 0 Å². The number of nitrogens with one attached hydrogen (secondary N) is 1. The van der Waals surface area contributed by atoms with Crippen molar-refractivity contribution in [2.45, 2.75) is 19.4 Å². The summed E-state index contributed by atoms with van der Waals surface area (Å²) in [7, 11) is 0. The minimum Gasteiger partial charge on any atom is -0.391 e. The number of pyridine rings is 1. The molecule has 4 heteroatoms. The van der Waals surface area contributed by atoms with Crippen molar-refractivity contribution in [1.29, 1.82) is 0 Å². The molecule has 0 aliphatic carbocycles. The van der Waals surface area contributed by atoms with Gasteiger partial charge < -0.3 is 10.4 Å². The predicted octanol–water partition coefficient (Wildman–Crippen LogP) is 1.74. The Hall–Kier alpha value is -1.94. The van der Waals surface area contributed by atoms with Gasteiger partial charge in [0.1, 0.15) is 0 Å². The highest BCUT2D eigenvalue weighted by Gasteiger charge is 2.08. The van der Waals surface area contributed by atoms with Crippen molar-refractivity contribution >= 4 is 16.8 Å². The largest absolute Gasteiger partial charge is 0.391 e. The van der Waals surface area contributed by atoms with E-state index in [1.807, 2.05) is 25.1 Å². The highest BCUT2D eigenvalue weighted by atomic mass is 16.3. The zero-order chi connectivity index (χ0) is 13.0.